The lowest BCUT2D eigenvalue weighted by atomic mass is 9.94. The molecule has 1 heterocycles. The van der Waals surface area contributed by atoms with Gasteiger partial charge in [-0.05, 0) is 33.4 Å². The normalized spacial score (nSPS) is 11.3. The quantitative estimate of drug-likeness (QED) is 0.768. The van der Waals surface area contributed by atoms with Gasteiger partial charge < -0.3 is 10.1 Å². The van der Waals surface area contributed by atoms with Gasteiger partial charge in [-0.25, -0.2) is 0 Å². The largest absolute Gasteiger partial charge is 0.492 e. The molecule has 0 aliphatic carbocycles. The smallest absolute Gasteiger partial charge is 0.183 e. The van der Waals surface area contributed by atoms with Crippen LogP contribution >= 0.6 is 0 Å². The Morgan fingerprint density at radius 3 is 2.71 bits per heavy atom. The van der Waals surface area contributed by atoms with Crippen LogP contribution in [-0.4, -0.2) is 29.5 Å². The van der Waals surface area contributed by atoms with Crippen LogP contribution in [0.4, 0.5) is 0 Å². The van der Waals surface area contributed by atoms with Crippen LogP contribution in [0.25, 0.3) is 0 Å². The molecule has 0 unspecified atom stereocenters. The number of pyridine rings is 1. The fourth-order valence-electron chi connectivity index (χ4n) is 1.67. The molecular formula is C13H20N2O2. The van der Waals surface area contributed by atoms with Gasteiger partial charge in [-0.3, -0.25) is 9.78 Å². The first-order valence-corrected chi connectivity index (χ1v) is 5.89. The van der Waals surface area contributed by atoms with Crippen molar-refractivity contribution in [3.05, 3.63) is 24.0 Å². The molecule has 1 aromatic heterocycles. The van der Waals surface area contributed by atoms with Gasteiger partial charge in [0.05, 0.1) is 18.3 Å². The number of nitrogens with zero attached hydrogens (tertiary/aromatic N) is 1. The van der Waals surface area contributed by atoms with E-state index in [0.29, 0.717) is 17.9 Å². The fourth-order valence-corrected chi connectivity index (χ4v) is 1.67. The summed E-state index contributed by atoms with van der Waals surface area (Å²) in [6.45, 7) is 8.92. The zero-order valence-corrected chi connectivity index (χ0v) is 10.9. The van der Waals surface area contributed by atoms with Crippen molar-refractivity contribution in [2.24, 2.45) is 0 Å². The number of rotatable bonds is 6. The van der Waals surface area contributed by atoms with Crippen LogP contribution in [0.15, 0.2) is 18.5 Å². The maximum Gasteiger partial charge on any atom is 0.183 e. The second-order valence-electron chi connectivity index (χ2n) is 4.33. The number of nitrogens with one attached hydrogen (secondary N) is 1. The predicted octanol–water partition coefficient (Wildman–Crippen LogP) is 2.05. The Kier molecular flexibility index (Phi) is 4.63. The Balaban J connectivity index is 2.92. The summed E-state index contributed by atoms with van der Waals surface area (Å²) in [5, 5.41) is 3.15. The van der Waals surface area contributed by atoms with Crippen molar-refractivity contribution in [1.82, 2.24) is 10.3 Å². The van der Waals surface area contributed by atoms with Crippen LogP contribution in [0.5, 0.6) is 5.75 Å². The van der Waals surface area contributed by atoms with Crippen molar-refractivity contribution < 1.29 is 9.53 Å². The molecule has 0 aliphatic rings. The highest BCUT2D eigenvalue weighted by atomic mass is 16.5. The van der Waals surface area contributed by atoms with E-state index in [0.717, 1.165) is 6.54 Å². The van der Waals surface area contributed by atoms with Crippen molar-refractivity contribution >= 4 is 5.78 Å². The van der Waals surface area contributed by atoms with Gasteiger partial charge in [0.1, 0.15) is 5.75 Å². The van der Waals surface area contributed by atoms with Gasteiger partial charge in [-0.15, -0.1) is 0 Å². The molecule has 0 bridgehead atoms. The number of carbonyl (C=O) groups excluding carboxylic acids is 1. The predicted molar refractivity (Wildman–Crippen MR) is 67.5 cm³/mol. The monoisotopic (exact) mass is 236 g/mol. The van der Waals surface area contributed by atoms with E-state index in [4.69, 9.17) is 4.74 Å². The lowest BCUT2D eigenvalue weighted by Gasteiger charge is -2.24. The summed E-state index contributed by atoms with van der Waals surface area (Å²) in [6, 6.07) is 1.73. The molecule has 0 saturated carbocycles. The van der Waals surface area contributed by atoms with Gasteiger partial charge in [0.2, 0.25) is 0 Å². The van der Waals surface area contributed by atoms with Crippen molar-refractivity contribution in [2.45, 2.75) is 33.2 Å². The molecule has 0 spiro atoms. The van der Waals surface area contributed by atoms with Crippen molar-refractivity contribution in [2.75, 3.05) is 13.2 Å². The molecule has 17 heavy (non-hydrogen) atoms. The number of ether oxygens (including phenoxy) is 1. The number of likely N-dealkylation sites (N-methyl/N-ethyl adjacent to an activating group) is 1. The summed E-state index contributed by atoms with van der Waals surface area (Å²) < 4.78 is 5.33. The highest BCUT2D eigenvalue weighted by Crippen LogP contribution is 2.17. The summed E-state index contributed by atoms with van der Waals surface area (Å²) in [5.41, 5.74) is -0.0109. The average molecular weight is 236 g/mol. The SMILES string of the molecule is CCNC(C)(C)C(=O)c1cncc(OCC)c1. The summed E-state index contributed by atoms with van der Waals surface area (Å²) >= 11 is 0. The Morgan fingerprint density at radius 2 is 2.12 bits per heavy atom. The summed E-state index contributed by atoms with van der Waals surface area (Å²) in [4.78, 5) is 16.3. The molecule has 0 aliphatic heterocycles. The lowest BCUT2D eigenvalue weighted by Crippen LogP contribution is -2.46. The molecule has 0 atom stereocenters. The van der Waals surface area contributed by atoms with E-state index in [1.165, 1.54) is 0 Å². The third kappa shape index (κ3) is 3.53. The molecule has 1 aromatic rings. The number of hydrogen-bond acceptors (Lipinski definition) is 4. The number of aromatic nitrogens is 1. The number of carbonyl (C=O) groups is 1. The first kappa shape index (κ1) is 13.6. The van der Waals surface area contributed by atoms with Crippen LogP contribution in [0.3, 0.4) is 0 Å². The maximum absolute atomic E-state index is 12.3. The molecule has 1 N–H and O–H groups in total. The zero-order valence-electron chi connectivity index (χ0n) is 10.9. The summed E-state index contributed by atoms with van der Waals surface area (Å²) in [5.74, 6) is 0.652. The number of hydrogen-bond donors (Lipinski definition) is 1. The van der Waals surface area contributed by atoms with Gasteiger partial charge in [0.15, 0.2) is 5.78 Å². The molecule has 4 heteroatoms. The first-order valence-electron chi connectivity index (χ1n) is 5.89. The third-order valence-electron chi connectivity index (χ3n) is 2.47. The molecule has 0 amide bonds. The van der Waals surface area contributed by atoms with E-state index in [2.05, 4.69) is 10.3 Å². The van der Waals surface area contributed by atoms with Crippen LogP contribution in [-0.2, 0) is 0 Å². The molecule has 0 aromatic carbocycles. The van der Waals surface area contributed by atoms with E-state index < -0.39 is 5.54 Å². The third-order valence-corrected chi connectivity index (χ3v) is 2.47. The second-order valence-corrected chi connectivity index (χ2v) is 4.33. The molecule has 4 nitrogen and oxygen atoms in total. The fraction of sp³-hybridized carbons (Fsp3) is 0.538. The molecule has 1 rings (SSSR count). The average Bonchev–Trinajstić information content (AvgIpc) is 2.29. The van der Waals surface area contributed by atoms with E-state index >= 15 is 0 Å². The van der Waals surface area contributed by atoms with Crippen LogP contribution in [0.1, 0.15) is 38.1 Å². The van der Waals surface area contributed by atoms with Crippen molar-refractivity contribution in [1.29, 1.82) is 0 Å². The van der Waals surface area contributed by atoms with Crippen molar-refractivity contribution in [3.63, 3.8) is 0 Å². The molecule has 94 valence electrons. The molecule has 0 saturated heterocycles. The standard InChI is InChI=1S/C13H20N2O2/c1-5-15-13(3,4)12(16)10-7-11(17-6-2)9-14-8-10/h7-9,15H,5-6H2,1-4H3. The number of ketones is 1. The first-order chi connectivity index (χ1) is 8.01. The highest BCUT2D eigenvalue weighted by molar-refractivity contribution is 6.02. The van der Waals surface area contributed by atoms with Crippen molar-refractivity contribution in [3.8, 4) is 5.75 Å². The van der Waals surface area contributed by atoms with Gasteiger partial charge in [0, 0.05) is 11.8 Å². The Labute approximate surface area is 102 Å². The van der Waals surface area contributed by atoms with E-state index in [-0.39, 0.29) is 5.78 Å². The zero-order chi connectivity index (χ0) is 12.9. The Morgan fingerprint density at radius 1 is 1.41 bits per heavy atom. The van der Waals surface area contributed by atoms with E-state index in [1.807, 2.05) is 27.7 Å². The van der Waals surface area contributed by atoms with Crippen LogP contribution in [0.2, 0.25) is 0 Å². The van der Waals surface area contributed by atoms with E-state index in [9.17, 15) is 4.79 Å². The van der Waals surface area contributed by atoms with Gasteiger partial charge in [0.25, 0.3) is 0 Å². The minimum Gasteiger partial charge on any atom is -0.492 e. The maximum atomic E-state index is 12.3. The Hall–Kier alpha value is -1.42. The lowest BCUT2D eigenvalue weighted by molar-refractivity contribution is 0.0883. The molecule has 0 fully saturated rings. The van der Waals surface area contributed by atoms with Gasteiger partial charge in [-0.1, -0.05) is 6.92 Å². The molecule has 0 radical (unpaired) electrons. The highest BCUT2D eigenvalue weighted by Gasteiger charge is 2.27. The number of Topliss-reactive ketones (excluding diaryl/α,β-unsaturated/α-hetero) is 1. The van der Waals surface area contributed by atoms with Gasteiger partial charge in [-0.2, -0.15) is 0 Å². The van der Waals surface area contributed by atoms with Gasteiger partial charge >= 0.3 is 0 Å². The van der Waals surface area contributed by atoms with Crippen LogP contribution < -0.4 is 10.1 Å². The summed E-state index contributed by atoms with van der Waals surface area (Å²) in [7, 11) is 0. The summed E-state index contributed by atoms with van der Waals surface area (Å²) in [6.07, 6.45) is 3.18. The molecular weight excluding hydrogens is 216 g/mol. The minimum absolute atomic E-state index is 0.0217. The van der Waals surface area contributed by atoms with E-state index in [1.54, 1.807) is 18.5 Å². The topological polar surface area (TPSA) is 51.2 Å². The Bertz CT molecular complexity index is 389. The minimum atomic E-state index is -0.582. The van der Waals surface area contributed by atoms with Crippen LogP contribution in [0, 0.1) is 0 Å². The second kappa shape index (κ2) is 5.77.